The first kappa shape index (κ1) is 19.6. The van der Waals surface area contributed by atoms with Gasteiger partial charge in [-0.25, -0.2) is 4.39 Å². The van der Waals surface area contributed by atoms with E-state index in [9.17, 15) is 14.0 Å². The largest absolute Gasteiger partial charge is 0.341 e. The number of benzene rings is 1. The minimum atomic E-state index is -0.496. The first-order valence-corrected chi connectivity index (χ1v) is 9.71. The van der Waals surface area contributed by atoms with Crippen molar-refractivity contribution in [1.29, 1.82) is 0 Å². The van der Waals surface area contributed by atoms with Crippen molar-refractivity contribution in [3.63, 3.8) is 0 Å². The summed E-state index contributed by atoms with van der Waals surface area (Å²) in [5, 5.41) is 0. The van der Waals surface area contributed by atoms with Crippen molar-refractivity contribution in [3.8, 4) is 0 Å². The van der Waals surface area contributed by atoms with Gasteiger partial charge in [0.1, 0.15) is 5.82 Å². The molecular formula is C22H29FN2O2. The van der Waals surface area contributed by atoms with E-state index in [1.165, 1.54) is 17.7 Å². The third-order valence-electron chi connectivity index (χ3n) is 5.89. The molecule has 3 rings (SSSR count). The topological polar surface area (TPSA) is 40.6 Å². The molecule has 0 aromatic heterocycles. The number of allylic oxidation sites excluding steroid dienone is 2. The molecule has 2 aliphatic rings. The van der Waals surface area contributed by atoms with Gasteiger partial charge in [-0.2, -0.15) is 0 Å². The van der Waals surface area contributed by atoms with Gasteiger partial charge in [0.05, 0.1) is 11.5 Å². The van der Waals surface area contributed by atoms with Crippen LogP contribution in [0.25, 0.3) is 0 Å². The van der Waals surface area contributed by atoms with Gasteiger partial charge in [-0.05, 0) is 43.7 Å². The van der Waals surface area contributed by atoms with Crippen LogP contribution in [0, 0.1) is 23.1 Å². The van der Waals surface area contributed by atoms with Crippen LogP contribution in [-0.4, -0.2) is 47.8 Å². The maximum atomic E-state index is 13.9. The van der Waals surface area contributed by atoms with Gasteiger partial charge in [-0.1, -0.05) is 37.6 Å². The Morgan fingerprint density at radius 1 is 1.07 bits per heavy atom. The van der Waals surface area contributed by atoms with E-state index in [2.05, 4.69) is 33.8 Å². The van der Waals surface area contributed by atoms with Gasteiger partial charge in [0.15, 0.2) is 0 Å². The second-order valence-electron chi connectivity index (χ2n) is 8.52. The predicted octanol–water partition coefficient (Wildman–Crippen LogP) is 3.74. The molecule has 1 aliphatic carbocycles. The Hall–Kier alpha value is -2.17. The molecule has 27 heavy (non-hydrogen) atoms. The molecule has 0 spiro atoms. The molecule has 1 saturated heterocycles. The van der Waals surface area contributed by atoms with Gasteiger partial charge in [0.2, 0.25) is 5.91 Å². The molecule has 0 bridgehead atoms. The zero-order chi connectivity index (χ0) is 19.8. The lowest BCUT2D eigenvalue weighted by atomic mass is 10.1. The van der Waals surface area contributed by atoms with Crippen LogP contribution in [0.15, 0.2) is 35.9 Å². The Morgan fingerprint density at radius 3 is 2.37 bits per heavy atom. The van der Waals surface area contributed by atoms with Crippen molar-refractivity contribution < 1.29 is 14.0 Å². The number of halogens is 1. The summed E-state index contributed by atoms with van der Waals surface area (Å²) < 4.78 is 13.9. The second-order valence-corrected chi connectivity index (χ2v) is 8.52. The minimum absolute atomic E-state index is 0.0106. The lowest BCUT2D eigenvalue weighted by molar-refractivity contribution is -0.133. The Kier molecular flexibility index (Phi) is 5.41. The average molecular weight is 372 g/mol. The number of amides is 2. The van der Waals surface area contributed by atoms with E-state index in [-0.39, 0.29) is 34.6 Å². The van der Waals surface area contributed by atoms with Crippen molar-refractivity contribution in [2.45, 2.75) is 34.1 Å². The summed E-state index contributed by atoms with van der Waals surface area (Å²) in [6.07, 6.45) is 2.92. The van der Waals surface area contributed by atoms with Crippen LogP contribution in [0.1, 0.15) is 44.5 Å². The summed E-state index contributed by atoms with van der Waals surface area (Å²) in [5.41, 5.74) is 1.33. The fourth-order valence-corrected chi connectivity index (χ4v) is 4.16. The van der Waals surface area contributed by atoms with Crippen molar-refractivity contribution >= 4 is 11.8 Å². The lowest BCUT2D eigenvalue weighted by Gasteiger charge is -2.23. The van der Waals surface area contributed by atoms with Crippen LogP contribution in [0.2, 0.25) is 0 Å². The van der Waals surface area contributed by atoms with Gasteiger partial charge in [-0.3, -0.25) is 9.59 Å². The molecule has 4 nitrogen and oxygen atoms in total. The van der Waals surface area contributed by atoms with Gasteiger partial charge in [-0.15, -0.1) is 0 Å². The fraction of sp³-hybridized carbons (Fsp3) is 0.545. The summed E-state index contributed by atoms with van der Waals surface area (Å²) >= 11 is 0. The summed E-state index contributed by atoms with van der Waals surface area (Å²) in [4.78, 5) is 29.3. The quantitative estimate of drug-likeness (QED) is 0.759. The third kappa shape index (κ3) is 3.92. The molecule has 1 heterocycles. The molecule has 1 aromatic rings. The first-order valence-electron chi connectivity index (χ1n) is 9.71. The number of rotatable bonds is 3. The number of hydrogen-bond acceptors (Lipinski definition) is 2. The molecule has 2 amide bonds. The summed E-state index contributed by atoms with van der Waals surface area (Å²) in [6, 6.07) is 6.07. The summed E-state index contributed by atoms with van der Waals surface area (Å²) in [6.45, 7) is 10.6. The highest BCUT2D eigenvalue weighted by molar-refractivity contribution is 5.94. The first-order chi connectivity index (χ1) is 12.7. The number of carbonyl (C=O) groups excluding carboxylic acids is 2. The zero-order valence-corrected chi connectivity index (χ0v) is 16.7. The monoisotopic (exact) mass is 372 g/mol. The van der Waals surface area contributed by atoms with E-state index in [0.29, 0.717) is 32.6 Å². The van der Waals surface area contributed by atoms with Crippen LogP contribution in [0.5, 0.6) is 0 Å². The maximum Gasteiger partial charge on any atom is 0.256 e. The summed E-state index contributed by atoms with van der Waals surface area (Å²) in [7, 11) is 0. The van der Waals surface area contributed by atoms with Crippen molar-refractivity contribution in [2.24, 2.45) is 17.3 Å². The predicted molar refractivity (Wildman–Crippen MR) is 104 cm³/mol. The van der Waals surface area contributed by atoms with E-state index in [1.54, 1.807) is 17.0 Å². The van der Waals surface area contributed by atoms with E-state index in [1.807, 2.05) is 4.90 Å². The molecule has 146 valence electrons. The fourth-order valence-electron chi connectivity index (χ4n) is 4.16. The lowest BCUT2D eigenvalue weighted by Crippen LogP contribution is -2.38. The molecule has 2 atom stereocenters. The van der Waals surface area contributed by atoms with Crippen molar-refractivity contribution in [2.75, 3.05) is 26.2 Å². The van der Waals surface area contributed by atoms with Gasteiger partial charge in [0, 0.05) is 26.2 Å². The number of nitrogens with zero attached hydrogens (tertiary/aromatic N) is 2. The maximum absolute atomic E-state index is 13.9. The number of hydrogen-bond donors (Lipinski definition) is 0. The second kappa shape index (κ2) is 7.45. The van der Waals surface area contributed by atoms with E-state index in [0.717, 1.165) is 0 Å². The molecule has 0 radical (unpaired) electrons. The molecule has 2 fully saturated rings. The van der Waals surface area contributed by atoms with Crippen LogP contribution in [0.4, 0.5) is 4.39 Å². The Bertz CT molecular complexity index is 767. The van der Waals surface area contributed by atoms with E-state index in [4.69, 9.17) is 0 Å². The number of carbonyl (C=O) groups is 2. The smallest absolute Gasteiger partial charge is 0.256 e. The average Bonchev–Trinajstić information content (AvgIpc) is 3.23. The molecular weight excluding hydrogens is 343 g/mol. The molecule has 1 aliphatic heterocycles. The highest BCUT2D eigenvalue weighted by atomic mass is 19.1. The van der Waals surface area contributed by atoms with Crippen LogP contribution in [-0.2, 0) is 4.79 Å². The van der Waals surface area contributed by atoms with Crippen LogP contribution in [0.3, 0.4) is 0 Å². The Balaban J connectivity index is 1.65. The van der Waals surface area contributed by atoms with E-state index < -0.39 is 5.82 Å². The highest BCUT2D eigenvalue weighted by Crippen LogP contribution is 2.60. The van der Waals surface area contributed by atoms with Crippen LogP contribution >= 0.6 is 0 Å². The van der Waals surface area contributed by atoms with Crippen LogP contribution < -0.4 is 0 Å². The molecule has 0 N–H and O–H groups in total. The molecule has 1 saturated carbocycles. The van der Waals surface area contributed by atoms with Gasteiger partial charge >= 0.3 is 0 Å². The minimum Gasteiger partial charge on any atom is -0.341 e. The van der Waals surface area contributed by atoms with Gasteiger partial charge < -0.3 is 9.80 Å². The molecule has 5 heteroatoms. The Morgan fingerprint density at radius 2 is 1.70 bits per heavy atom. The highest BCUT2D eigenvalue weighted by Gasteiger charge is 2.61. The van der Waals surface area contributed by atoms with Crippen molar-refractivity contribution in [1.82, 2.24) is 9.80 Å². The SMILES string of the molecule is CC(C)=C[C@@H]1[C@H](C(=O)N2CCCN(C(=O)c3ccccc3F)CC2)C1(C)C. The Labute approximate surface area is 161 Å². The third-order valence-corrected chi connectivity index (χ3v) is 5.89. The summed E-state index contributed by atoms with van der Waals surface area (Å²) in [5.74, 6) is -0.307. The normalized spacial score (nSPS) is 24.2. The van der Waals surface area contributed by atoms with Gasteiger partial charge in [0.25, 0.3) is 5.91 Å². The van der Waals surface area contributed by atoms with E-state index >= 15 is 0 Å². The molecule has 0 unspecified atom stereocenters. The standard InChI is InChI=1S/C22H29FN2O2/c1-15(2)14-17-19(22(17,3)4)21(27)25-11-7-10-24(12-13-25)20(26)16-8-5-6-9-18(16)23/h5-6,8-9,14,17,19H,7,10-13H2,1-4H3/t17-,19-/m1/s1. The van der Waals surface area contributed by atoms with Crippen molar-refractivity contribution in [3.05, 3.63) is 47.3 Å². The molecule has 1 aromatic carbocycles. The zero-order valence-electron chi connectivity index (χ0n) is 16.7.